The Morgan fingerprint density at radius 2 is 1.70 bits per heavy atom. The standard InChI is InChI=1S/C18H21NO/c1-2-6-17(19)13-15-9-11-18(12-10-15)20-14-16-7-4-3-5-8-16/h2-12,17H,13-14,19H2,1H3/b6-2+. The van der Waals surface area contributed by atoms with Gasteiger partial charge in [0.15, 0.2) is 0 Å². The smallest absolute Gasteiger partial charge is 0.119 e. The molecule has 2 aromatic rings. The van der Waals surface area contributed by atoms with E-state index < -0.39 is 0 Å². The van der Waals surface area contributed by atoms with E-state index in [9.17, 15) is 0 Å². The van der Waals surface area contributed by atoms with Crippen LogP contribution in [0.4, 0.5) is 0 Å². The molecule has 0 aliphatic carbocycles. The topological polar surface area (TPSA) is 35.2 Å². The van der Waals surface area contributed by atoms with Crippen molar-refractivity contribution < 1.29 is 4.74 Å². The van der Waals surface area contributed by atoms with Crippen molar-refractivity contribution in [2.24, 2.45) is 5.73 Å². The van der Waals surface area contributed by atoms with Crippen LogP contribution in [0, 0.1) is 0 Å². The molecule has 0 spiro atoms. The maximum atomic E-state index is 5.97. The molecule has 0 fully saturated rings. The lowest BCUT2D eigenvalue weighted by atomic mass is 10.1. The van der Waals surface area contributed by atoms with Gasteiger partial charge in [0.25, 0.3) is 0 Å². The normalized spacial score (nSPS) is 12.5. The fraction of sp³-hybridized carbons (Fsp3) is 0.222. The summed E-state index contributed by atoms with van der Waals surface area (Å²) in [5.74, 6) is 0.886. The van der Waals surface area contributed by atoms with Gasteiger partial charge >= 0.3 is 0 Å². The summed E-state index contributed by atoms with van der Waals surface area (Å²) in [6, 6.07) is 18.4. The summed E-state index contributed by atoms with van der Waals surface area (Å²) >= 11 is 0. The van der Waals surface area contributed by atoms with E-state index in [1.165, 1.54) is 11.1 Å². The summed E-state index contributed by atoms with van der Waals surface area (Å²) in [5, 5.41) is 0. The van der Waals surface area contributed by atoms with E-state index in [-0.39, 0.29) is 6.04 Å². The number of hydrogen-bond acceptors (Lipinski definition) is 2. The molecule has 2 heteroatoms. The summed E-state index contributed by atoms with van der Waals surface area (Å²) in [6.07, 6.45) is 4.85. The molecule has 0 saturated carbocycles. The molecule has 0 aliphatic rings. The van der Waals surface area contributed by atoms with E-state index in [2.05, 4.69) is 24.3 Å². The molecule has 0 amide bonds. The molecule has 0 heterocycles. The zero-order valence-electron chi connectivity index (χ0n) is 11.8. The first-order valence-electron chi connectivity index (χ1n) is 6.92. The van der Waals surface area contributed by atoms with Crippen LogP contribution in [0.1, 0.15) is 18.1 Å². The highest BCUT2D eigenvalue weighted by Crippen LogP contribution is 2.15. The van der Waals surface area contributed by atoms with Crippen molar-refractivity contribution in [2.45, 2.75) is 26.0 Å². The summed E-state index contributed by atoms with van der Waals surface area (Å²) in [7, 11) is 0. The third-order valence-corrected chi connectivity index (χ3v) is 3.08. The second-order valence-corrected chi connectivity index (χ2v) is 4.81. The Hall–Kier alpha value is -2.06. The molecule has 2 aromatic carbocycles. The van der Waals surface area contributed by atoms with Crippen LogP contribution < -0.4 is 10.5 Å². The van der Waals surface area contributed by atoms with E-state index in [0.29, 0.717) is 6.61 Å². The van der Waals surface area contributed by atoms with Crippen LogP contribution in [0.3, 0.4) is 0 Å². The molecule has 2 rings (SSSR count). The molecular weight excluding hydrogens is 246 g/mol. The maximum absolute atomic E-state index is 5.97. The summed E-state index contributed by atoms with van der Waals surface area (Å²) in [5.41, 5.74) is 8.37. The van der Waals surface area contributed by atoms with Crippen molar-refractivity contribution in [1.82, 2.24) is 0 Å². The van der Waals surface area contributed by atoms with Crippen LogP contribution in [0.25, 0.3) is 0 Å². The van der Waals surface area contributed by atoms with E-state index in [1.54, 1.807) is 0 Å². The molecule has 0 radical (unpaired) electrons. The van der Waals surface area contributed by atoms with Crippen LogP contribution in [0.15, 0.2) is 66.7 Å². The Balaban J connectivity index is 1.88. The number of ether oxygens (including phenoxy) is 1. The third kappa shape index (κ3) is 4.56. The predicted octanol–water partition coefficient (Wildman–Crippen LogP) is 3.71. The van der Waals surface area contributed by atoms with Gasteiger partial charge in [-0.3, -0.25) is 0 Å². The van der Waals surface area contributed by atoms with E-state index in [0.717, 1.165) is 12.2 Å². The molecule has 0 saturated heterocycles. The minimum atomic E-state index is 0.0797. The highest BCUT2D eigenvalue weighted by molar-refractivity contribution is 5.28. The Kier molecular flexibility index (Phi) is 5.39. The SMILES string of the molecule is C/C=C/C(N)Cc1ccc(OCc2ccccc2)cc1. The van der Waals surface area contributed by atoms with Gasteiger partial charge in [-0.2, -0.15) is 0 Å². The van der Waals surface area contributed by atoms with Crippen LogP contribution in [-0.2, 0) is 13.0 Å². The number of nitrogens with two attached hydrogens (primary N) is 1. The maximum Gasteiger partial charge on any atom is 0.119 e. The lowest BCUT2D eigenvalue weighted by Crippen LogP contribution is -2.19. The predicted molar refractivity (Wildman–Crippen MR) is 83.7 cm³/mol. The van der Waals surface area contributed by atoms with Crippen molar-refractivity contribution >= 4 is 0 Å². The van der Waals surface area contributed by atoms with Crippen LogP contribution in [0.5, 0.6) is 5.75 Å². The zero-order valence-corrected chi connectivity index (χ0v) is 11.8. The summed E-state index contributed by atoms with van der Waals surface area (Å²) in [6.45, 7) is 2.58. The number of rotatable bonds is 6. The first kappa shape index (κ1) is 14.4. The molecule has 2 N–H and O–H groups in total. The summed E-state index contributed by atoms with van der Waals surface area (Å²) < 4.78 is 5.75. The first-order chi connectivity index (χ1) is 9.78. The average Bonchev–Trinajstić information content (AvgIpc) is 2.48. The van der Waals surface area contributed by atoms with Crippen LogP contribution in [0.2, 0.25) is 0 Å². The molecule has 1 atom stereocenters. The van der Waals surface area contributed by atoms with Gasteiger partial charge in [0.05, 0.1) is 0 Å². The summed E-state index contributed by atoms with van der Waals surface area (Å²) in [4.78, 5) is 0. The highest BCUT2D eigenvalue weighted by Gasteiger charge is 2.01. The molecule has 0 aliphatic heterocycles. The molecule has 0 bridgehead atoms. The van der Waals surface area contributed by atoms with Gasteiger partial charge in [0, 0.05) is 6.04 Å². The van der Waals surface area contributed by atoms with Gasteiger partial charge in [-0.1, -0.05) is 54.6 Å². The molecule has 2 nitrogen and oxygen atoms in total. The Morgan fingerprint density at radius 1 is 1.00 bits per heavy atom. The van der Waals surface area contributed by atoms with Crippen molar-refractivity contribution in [1.29, 1.82) is 0 Å². The van der Waals surface area contributed by atoms with E-state index in [1.807, 2.05) is 49.4 Å². The Bertz CT molecular complexity index is 531. The van der Waals surface area contributed by atoms with Crippen molar-refractivity contribution in [2.75, 3.05) is 0 Å². The van der Waals surface area contributed by atoms with Crippen molar-refractivity contribution in [3.63, 3.8) is 0 Å². The lowest BCUT2D eigenvalue weighted by Gasteiger charge is -2.09. The fourth-order valence-electron chi connectivity index (χ4n) is 2.05. The largest absolute Gasteiger partial charge is 0.489 e. The number of allylic oxidation sites excluding steroid dienone is 1. The second kappa shape index (κ2) is 7.51. The zero-order chi connectivity index (χ0) is 14.2. The molecule has 104 valence electrons. The monoisotopic (exact) mass is 267 g/mol. The van der Waals surface area contributed by atoms with Crippen LogP contribution in [-0.4, -0.2) is 6.04 Å². The van der Waals surface area contributed by atoms with E-state index in [4.69, 9.17) is 10.5 Å². The van der Waals surface area contributed by atoms with Gasteiger partial charge < -0.3 is 10.5 Å². The Morgan fingerprint density at radius 3 is 2.35 bits per heavy atom. The number of hydrogen-bond donors (Lipinski definition) is 1. The third-order valence-electron chi connectivity index (χ3n) is 3.08. The Labute approximate surface area is 120 Å². The van der Waals surface area contributed by atoms with Gasteiger partial charge in [-0.05, 0) is 36.6 Å². The molecule has 0 aromatic heterocycles. The lowest BCUT2D eigenvalue weighted by molar-refractivity contribution is 0.306. The first-order valence-corrected chi connectivity index (χ1v) is 6.92. The van der Waals surface area contributed by atoms with Crippen LogP contribution >= 0.6 is 0 Å². The average molecular weight is 267 g/mol. The molecular formula is C18H21NO. The minimum absolute atomic E-state index is 0.0797. The fourth-order valence-corrected chi connectivity index (χ4v) is 2.05. The van der Waals surface area contributed by atoms with Gasteiger partial charge in [-0.15, -0.1) is 0 Å². The van der Waals surface area contributed by atoms with Gasteiger partial charge in [-0.25, -0.2) is 0 Å². The molecule has 1 unspecified atom stereocenters. The number of benzene rings is 2. The van der Waals surface area contributed by atoms with Gasteiger partial charge in [0.1, 0.15) is 12.4 Å². The van der Waals surface area contributed by atoms with E-state index >= 15 is 0 Å². The second-order valence-electron chi connectivity index (χ2n) is 4.81. The quantitative estimate of drug-likeness (QED) is 0.810. The highest BCUT2D eigenvalue weighted by atomic mass is 16.5. The van der Waals surface area contributed by atoms with Crippen molar-refractivity contribution in [3.8, 4) is 5.75 Å². The molecule has 20 heavy (non-hydrogen) atoms. The van der Waals surface area contributed by atoms with Gasteiger partial charge in [0.2, 0.25) is 0 Å². The minimum Gasteiger partial charge on any atom is -0.489 e. The van der Waals surface area contributed by atoms with Crippen molar-refractivity contribution in [3.05, 3.63) is 77.9 Å².